The summed E-state index contributed by atoms with van der Waals surface area (Å²) in [5, 5.41) is 0. The first-order valence-electron chi connectivity index (χ1n) is 54.2. The summed E-state index contributed by atoms with van der Waals surface area (Å²) in [5.74, 6) is 3.10. The van der Waals surface area contributed by atoms with Gasteiger partial charge in [0.15, 0.2) is 0 Å². The Bertz CT molecular complexity index is 4830. The molecule has 7 atom stereocenters. The maximum absolute atomic E-state index is 12.5. The van der Waals surface area contributed by atoms with Crippen LogP contribution in [0.4, 0.5) is 0 Å². The molecule has 14 heteroatoms. The largest absolute Gasteiger partial charge is 0.456 e. The lowest BCUT2D eigenvalue weighted by molar-refractivity contribution is -0.0402. The van der Waals surface area contributed by atoms with E-state index < -0.39 is 11.2 Å². The normalized spacial score (nSPS) is 17.2. The van der Waals surface area contributed by atoms with Crippen molar-refractivity contribution in [3.05, 3.63) is 248 Å². The number of ether oxygens (including phenoxy) is 7. The van der Waals surface area contributed by atoms with Crippen molar-refractivity contribution in [2.24, 2.45) is 11.8 Å². The fourth-order valence-corrected chi connectivity index (χ4v) is 18.8. The molecule has 5 fully saturated rings. The van der Waals surface area contributed by atoms with Crippen LogP contribution in [-0.2, 0) is 33.2 Å². The molecule has 0 amide bonds. The molecule has 768 valence electrons. The Morgan fingerprint density at radius 1 is 0.273 bits per heavy atom. The van der Waals surface area contributed by atoms with Gasteiger partial charge in [-0.1, -0.05) is 248 Å². The van der Waals surface area contributed by atoms with Crippen molar-refractivity contribution in [3.8, 4) is 0 Å². The van der Waals surface area contributed by atoms with Crippen LogP contribution in [0.1, 0.15) is 552 Å². The first-order valence-corrected chi connectivity index (χ1v) is 54.2. The van der Waals surface area contributed by atoms with Crippen molar-refractivity contribution in [2.75, 3.05) is 0 Å². The molecule has 0 heterocycles. The molecule has 14 nitrogen and oxygen atoms in total. The molecule has 0 bridgehead atoms. The lowest BCUT2D eigenvalue weighted by atomic mass is 9.79. The maximum Gasteiger partial charge on any atom is 0.338 e. The first kappa shape index (κ1) is 119. The molecule has 0 aromatic heterocycles. The zero-order valence-electron chi connectivity index (χ0n) is 91.4. The van der Waals surface area contributed by atoms with Gasteiger partial charge in [-0.3, -0.25) is 0 Å². The van der Waals surface area contributed by atoms with Crippen LogP contribution in [0.15, 0.2) is 170 Å². The lowest BCUT2D eigenvalue weighted by Crippen LogP contribution is -2.37. The summed E-state index contributed by atoms with van der Waals surface area (Å²) < 4.78 is 40.1. The highest BCUT2D eigenvalue weighted by Crippen LogP contribution is 2.42. The van der Waals surface area contributed by atoms with Crippen molar-refractivity contribution < 1.29 is 66.7 Å². The summed E-state index contributed by atoms with van der Waals surface area (Å²) in [6, 6.07) is 55.0. The third kappa shape index (κ3) is 38.9. The molecule has 5 saturated carbocycles. The molecule has 0 radical (unpaired) electrons. The second kappa shape index (κ2) is 57.8. The van der Waals surface area contributed by atoms with Crippen molar-refractivity contribution >= 4 is 41.8 Å². The molecule has 12 rings (SSSR count). The van der Waals surface area contributed by atoms with Gasteiger partial charge in [-0.05, 0) is 413 Å². The highest BCUT2D eigenvalue weighted by molar-refractivity contribution is 5.93. The van der Waals surface area contributed by atoms with E-state index in [0.29, 0.717) is 92.2 Å². The minimum atomic E-state index is -0.441. The number of hydrogen-bond acceptors (Lipinski definition) is 14. The number of benzene rings is 7. The Hall–Kier alpha value is -9.17. The van der Waals surface area contributed by atoms with Crippen molar-refractivity contribution in [1.29, 1.82) is 0 Å². The van der Waals surface area contributed by atoms with Crippen molar-refractivity contribution in [1.82, 2.24) is 0 Å². The summed E-state index contributed by atoms with van der Waals surface area (Å²) in [4.78, 5) is 86.0. The fraction of sp³-hybridized carbons (Fsp3) is 0.608. The molecule has 7 aromatic rings. The van der Waals surface area contributed by atoms with Crippen LogP contribution in [0.3, 0.4) is 0 Å². The number of esters is 7. The summed E-state index contributed by atoms with van der Waals surface area (Å²) in [6.07, 6.45) is 36.9. The summed E-state index contributed by atoms with van der Waals surface area (Å²) in [5.41, 5.74) is 11.0. The first-order chi connectivity index (χ1) is 65.8. The molecular weight excluding hydrogens is 1730 g/mol. The van der Waals surface area contributed by atoms with Gasteiger partial charge in [-0.2, -0.15) is 0 Å². The number of carbonyl (C=O) groups excluding carboxylic acids is 7. The van der Waals surface area contributed by atoms with Crippen LogP contribution >= 0.6 is 0 Å². The van der Waals surface area contributed by atoms with Crippen LogP contribution in [0.25, 0.3) is 0 Å². The van der Waals surface area contributed by atoms with E-state index in [1.807, 2.05) is 163 Å². The second-order valence-electron chi connectivity index (χ2n) is 43.9. The van der Waals surface area contributed by atoms with Gasteiger partial charge >= 0.3 is 41.8 Å². The van der Waals surface area contributed by atoms with Crippen LogP contribution < -0.4 is 0 Å². The van der Waals surface area contributed by atoms with Crippen molar-refractivity contribution in [3.63, 3.8) is 0 Å². The van der Waals surface area contributed by atoms with Gasteiger partial charge in [0.1, 0.15) is 39.2 Å². The fourth-order valence-electron chi connectivity index (χ4n) is 18.8. The Morgan fingerprint density at radius 2 is 0.511 bits per heavy atom. The topological polar surface area (TPSA) is 184 Å². The van der Waals surface area contributed by atoms with Gasteiger partial charge in [-0.15, -0.1) is 0 Å². The summed E-state index contributed by atoms with van der Waals surface area (Å²) in [7, 11) is 0. The zero-order chi connectivity index (χ0) is 103. The summed E-state index contributed by atoms with van der Waals surface area (Å²) >= 11 is 0. The minimum absolute atomic E-state index is 0.154. The van der Waals surface area contributed by atoms with E-state index >= 15 is 0 Å². The smallest absolute Gasteiger partial charge is 0.338 e. The average Bonchev–Trinajstić information content (AvgIpc) is 1.63. The molecule has 139 heavy (non-hydrogen) atoms. The molecular formula is C125H184O14. The third-order valence-electron chi connectivity index (χ3n) is 30.9. The van der Waals surface area contributed by atoms with Gasteiger partial charge in [0.05, 0.1) is 38.9 Å². The Labute approximate surface area is 842 Å². The molecule has 0 N–H and O–H groups in total. The minimum Gasteiger partial charge on any atom is -0.456 e. The average molecular weight is 1910 g/mol. The van der Waals surface area contributed by atoms with Crippen LogP contribution in [0.5, 0.6) is 0 Å². The number of rotatable bonds is 32. The van der Waals surface area contributed by atoms with E-state index in [2.05, 4.69) is 188 Å². The highest BCUT2D eigenvalue weighted by atomic mass is 16.6. The predicted octanol–water partition coefficient (Wildman–Crippen LogP) is 35.4. The van der Waals surface area contributed by atoms with Gasteiger partial charge < -0.3 is 33.2 Å². The molecule has 0 saturated heterocycles. The van der Waals surface area contributed by atoms with E-state index in [-0.39, 0.29) is 69.8 Å². The van der Waals surface area contributed by atoms with Gasteiger partial charge in [0, 0.05) is 0 Å². The van der Waals surface area contributed by atoms with E-state index in [1.165, 1.54) is 135 Å². The Kier molecular flexibility index (Phi) is 49.3. The van der Waals surface area contributed by atoms with Gasteiger partial charge in [-0.25, -0.2) is 33.6 Å². The van der Waals surface area contributed by atoms with Crippen LogP contribution in [-0.4, -0.2) is 81.0 Å². The monoisotopic (exact) mass is 1910 g/mol. The molecule has 7 unspecified atom stereocenters. The third-order valence-corrected chi connectivity index (χ3v) is 30.9. The zero-order valence-corrected chi connectivity index (χ0v) is 91.4. The molecule has 0 spiro atoms. The second-order valence-corrected chi connectivity index (χ2v) is 43.9. The van der Waals surface area contributed by atoms with Crippen LogP contribution in [0, 0.1) is 11.8 Å². The number of carbonyl (C=O) groups is 7. The molecule has 5 aliphatic carbocycles. The quantitative estimate of drug-likeness (QED) is 0.0286. The molecule has 0 aliphatic heterocycles. The number of hydrogen-bond donors (Lipinski definition) is 0. The van der Waals surface area contributed by atoms with Crippen LogP contribution in [0.2, 0.25) is 0 Å². The maximum atomic E-state index is 12.5. The standard InChI is InChI=1S/C20H30O2.2C19H28O2.2C18H26O2.C16H24O2.C15H22O2/c1-5-15(2)16-10-9-11-17(14-16)19(21)22-20(3,4)18-12-7-6-8-13-18;1-5-14(2)15-9-8-10-16(13-15)18(20)21-19(3,4)17-11-6-7-12-17;1-4-15(3)16-9-11-17(12-10-16)18(20)21-19(5-2)13-7-6-8-14-19;1-4-14(2)15-8-10-16(11-9-15)17(19)20-18(3)12-6-5-7-13-18;1-4-14(3)15-9-8-10-16(13-15)17(19)20-18(5-2)11-6-7-12-18;1-6-12(3)13-9-8-10-14(11-13)15(17)18-16(4,5)7-2;1-6-11(2)12-8-7-9-13(10-12)14(16)17-15(3,4)5/h9-11,14-15,18H,5-8,12-13H2,1-4H3;8-10,13-14,17H,5-7,11-12H2,1-4H3;9-12,15H,4-8,13-14H2,1-3H3;8-11,14H,4-7,12-13H2,1-3H3;8-10,13-14H,4-7,11-12H2,1-3H3;8-12H,6-7H2,1-5H3;7-11H,6H2,1-5H3. The summed E-state index contributed by atoms with van der Waals surface area (Å²) in [6.45, 7) is 56.5. The van der Waals surface area contributed by atoms with E-state index in [4.69, 9.17) is 33.2 Å². The highest BCUT2D eigenvalue weighted by Gasteiger charge is 2.40. The predicted molar refractivity (Wildman–Crippen MR) is 574 cm³/mol. The van der Waals surface area contributed by atoms with Crippen molar-refractivity contribution in [2.45, 2.75) is 479 Å². The molecule has 5 aliphatic rings. The van der Waals surface area contributed by atoms with Gasteiger partial charge in [0.25, 0.3) is 0 Å². The van der Waals surface area contributed by atoms with E-state index in [1.54, 1.807) is 6.07 Å². The van der Waals surface area contributed by atoms with Gasteiger partial charge in [0.2, 0.25) is 0 Å². The molecule has 7 aromatic carbocycles. The lowest BCUT2D eigenvalue weighted by Gasteiger charge is -2.36. The Morgan fingerprint density at radius 3 is 0.791 bits per heavy atom. The van der Waals surface area contributed by atoms with E-state index in [0.717, 1.165) is 116 Å². The Balaban J connectivity index is 0.000000249. The SMILES string of the molecule is CCC(C)c1ccc(C(=O)OC2(C)CCCCC2)cc1.CCC(C)c1ccc(C(=O)OC2(CC)CCCCC2)cc1.CCC(C)c1cccc(C(=O)OC(C)(C)C)c1.CCC(C)c1cccc(C(=O)OC(C)(C)C2CCCC2)c1.CCC(C)c1cccc(C(=O)OC(C)(C)C2CCCCC2)c1.CCC(C)c1cccc(C(=O)OC(C)(C)CC)c1.CCC(C)c1cccc(C(=O)OC2(CC)CCCC2)c1. The van der Waals surface area contributed by atoms with E-state index in [9.17, 15) is 33.6 Å².